The Balaban J connectivity index is 4.49. The molecule has 310 valence electrons. The Hall–Kier alpha value is -2.89. The number of rotatable bonds is 39. The summed E-state index contributed by atoms with van der Waals surface area (Å²) in [6.45, 7) is 6.40. The molecule has 1 unspecified atom stereocenters. The second kappa shape index (κ2) is 42.8. The number of carbonyl (C=O) groups excluding carboxylic acids is 3. The molecular formula is C48H82O6. The molecule has 6 nitrogen and oxygen atoms in total. The van der Waals surface area contributed by atoms with Gasteiger partial charge in [0.1, 0.15) is 13.2 Å². The summed E-state index contributed by atoms with van der Waals surface area (Å²) in [7, 11) is 0. The van der Waals surface area contributed by atoms with Gasteiger partial charge >= 0.3 is 17.9 Å². The highest BCUT2D eigenvalue weighted by Crippen LogP contribution is 2.13. The third-order valence-corrected chi connectivity index (χ3v) is 9.27. The summed E-state index contributed by atoms with van der Waals surface area (Å²) in [4.78, 5) is 37.6. The van der Waals surface area contributed by atoms with Gasteiger partial charge in [-0.05, 0) is 70.6 Å². The van der Waals surface area contributed by atoms with Crippen LogP contribution in [-0.4, -0.2) is 37.2 Å². The van der Waals surface area contributed by atoms with Gasteiger partial charge in [-0.3, -0.25) is 14.4 Å². The van der Waals surface area contributed by atoms with E-state index in [-0.39, 0.29) is 37.5 Å². The molecule has 0 spiro atoms. The van der Waals surface area contributed by atoms with Crippen molar-refractivity contribution in [2.24, 2.45) is 0 Å². The van der Waals surface area contributed by atoms with Gasteiger partial charge in [-0.1, -0.05) is 178 Å². The molecule has 0 aromatic heterocycles. The third-order valence-electron chi connectivity index (χ3n) is 9.27. The SMILES string of the molecule is CC/C=C\C/C=C\C/C=C\C/C=C\CCC(=O)OCC(COC(=O)CCCCCCCCCCCC)OC(=O)CCCCCCC/C=C\CCCCCC. The molecule has 0 saturated carbocycles. The van der Waals surface area contributed by atoms with Crippen LogP contribution in [0, 0.1) is 0 Å². The summed E-state index contributed by atoms with van der Waals surface area (Å²) in [6.07, 6.45) is 50.7. The topological polar surface area (TPSA) is 78.9 Å². The predicted octanol–water partition coefficient (Wildman–Crippen LogP) is 14.1. The zero-order valence-electron chi connectivity index (χ0n) is 35.2. The van der Waals surface area contributed by atoms with Gasteiger partial charge in [0.25, 0.3) is 0 Å². The number of allylic oxidation sites excluding steroid dienone is 10. The molecule has 0 N–H and O–H groups in total. The van der Waals surface area contributed by atoms with E-state index in [2.05, 4.69) is 69.4 Å². The Morgan fingerprint density at radius 1 is 0.389 bits per heavy atom. The summed E-state index contributed by atoms with van der Waals surface area (Å²) in [5, 5.41) is 0. The highest BCUT2D eigenvalue weighted by molar-refractivity contribution is 5.71. The van der Waals surface area contributed by atoms with Gasteiger partial charge in [0.15, 0.2) is 6.10 Å². The monoisotopic (exact) mass is 755 g/mol. The van der Waals surface area contributed by atoms with Gasteiger partial charge < -0.3 is 14.2 Å². The van der Waals surface area contributed by atoms with Crippen LogP contribution in [0.15, 0.2) is 60.8 Å². The largest absolute Gasteiger partial charge is 0.462 e. The molecule has 0 saturated heterocycles. The van der Waals surface area contributed by atoms with Crippen molar-refractivity contribution in [3.8, 4) is 0 Å². The smallest absolute Gasteiger partial charge is 0.306 e. The molecule has 6 heteroatoms. The van der Waals surface area contributed by atoms with Gasteiger partial charge in [0.05, 0.1) is 0 Å². The Bertz CT molecular complexity index is 1010. The lowest BCUT2D eigenvalue weighted by atomic mass is 10.1. The van der Waals surface area contributed by atoms with Crippen molar-refractivity contribution in [1.82, 2.24) is 0 Å². The van der Waals surface area contributed by atoms with Crippen LogP contribution in [0.25, 0.3) is 0 Å². The maximum absolute atomic E-state index is 12.7. The van der Waals surface area contributed by atoms with E-state index in [1.165, 1.54) is 83.5 Å². The van der Waals surface area contributed by atoms with Crippen LogP contribution >= 0.6 is 0 Å². The second-order valence-electron chi connectivity index (χ2n) is 14.6. The average molecular weight is 755 g/mol. The van der Waals surface area contributed by atoms with Crippen molar-refractivity contribution in [3.63, 3.8) is 0 Å². The van der Waals surface area contributed by atoms with Crippen molar-refractivity contribution in [3.05, 3.63) is 60.8 Å². The number of carbonyl (C=O) groups is 3. The summed E-state index contributed by atoms with van der Waals surface area (Å²) >= 11 is 0. The van der Waals surface area contributed by atoms with Crippen molar-refractivity contribution in [2.75, 3.05) is 13.2 Å². The first-order chi connectivity index (χ1) is 26.5. The zero-order valence-corrected chi connectivity index (χ0v) is 35.2. The highest BCUT2D eigenvalue weighted by atomic mass is 16.6. The molecule has 0 aliphatic heterocycles. The average Bonchev–Trinajstić information content (AvgIpc) is 3.17. The van der Waals surface area contributed by atoms with Gasteiger partial charge in [0, 0.05) is 19.3 Å². The molecule has 0 heterocycles. The lowest BCUT2D eigenvalue weighted by molar-refractivity contribution is -0.166. The molecule has 0 rings (SSSR count). The molecule has 0 aliphatic rings. The van der Waals surface area contributed by atoms with Gasteiger partial charge in [-0.2, -0.15) is 0 Å². The van der Waals surface area contributed by atoms with E-state index in [1.807, 2.05) is 12.2 Å². The molecule has 0 fully saturated rings. The van der Waals surface area contributed by atoms with E-state index in [0.29, 0.717) is 19.3 Å². The van der Waals surface area contributed by atoms with Crippen LogP contribution in [0.3, 0.4) is 0 Å². The fourth-order valence-electron chi connectivity index (χ4n) is 5.92. The van der Waals surface area contributed by atoms with Crippen molar-refractivity contribution >= 4 is 17.9 Å². The molecule has 0 aromatic rings. The molecule has 54 heavy (non-hydrogen) atoms. The Kier molecular flexibility index (Phi) is 40.6. The van der Waals surface area contributed by atoms with Crippen LogP contribution in [0.5, 0.6) is 0 Å². The van der Waals surface area contributed by atoms with E-state index in [9.17, 15) is 14.4 Å². The molecule has 0 aromatic carbocycles. The standard InChI is InChI=1S/C48H82O6/c1-4-7-10-13-16-19-22-24-26-29-32-35-38-41-47(50)53-44-45(43-52-46(49)40-37-34-31-28-21-18-15-12-9-6-3)54-48(51)42-39-36-33-30-27-25-23-20-17-14-11-8-5-2/h7,10,16,19-20,23-24,26,32,35,45H,4-6,8-9,11-15,17-18,21-22,25,27-31,33-34,36-44H2,1-3H3/b10-7-,19-16-,23-20-,26-24-,35-32-. The first-order valence-corrected chi connectivity index (χ1v) is 22.3. The minimum absolute atomic E-state index is 0.0986. The Labute approximate surface area is 332 Å². The first-order valence-electron chi connectivity index (χ1n) is 22.3. The molecule has 0 bridgehead atoms. The van der Waals surface area contributed by atoms with E-state index in [4.69, 9.17) is 14.2 Å². The maximum atomic E-state index is 12.7. The normalized spacial score (nSPS) is 12.6. The first kappa shape index (κ1) is 51.1. The number of esters is 3. The number of ether oxygens (including phenoxy) is 3. The Morgan fingerprint density at radius 3 is 1.26 bits per heavy atom. The molecule has 1 atom stereocenters. The van der Waals surface area contributed by atoms with E-state index < -0.39 is 6.10 Å². The summed E-state index contributed by atoms with van der Waals surface area (Å²) < 4.78 is 16.6. The van der Waals surface area contributed by atoms with Gasteiger partial charge in [-0.15, -0.1) is 0 Å². The second-order valence-corrected chi connectivity index (χ2v) is 14.6. The van der Waals surface area contributed by atoms with Gasteiger partial charge in [0.2, 0.25) is 0 Å². The molecule has 0 amide bonds. The van der Waals surface area contributed by atoms with E-state index in [1.54, 1.807) is 0 Å². The number of hydrogen-bond donors (Lipinski definition) is 0. The lowest BCUT2D eigenvalue weighted by Gasteiger charge is -2.18. The fraction of sp³-hybridized carbons (Fsp3) is 0.729. The summed E-state index contributed by atoms with van der Waals surface area (Å²) in [5.41, 5.74) is 0. The molecular weight excluding hydrogens is 673 g/mol. The zero-order chi connectivity index (χ0) is 39.4. The highest BCUT2D eigenvalue weighted by Gasteiger charge is 2.19. The van der Waals surface area contributed by atoms with Crippen molar-refractivity contribution < 1.29 is 28.6 Å². The Morgan fingerprint density at radius 2 is 0.759 bits per heavy atom. The van der Waals surface area contributed by atoms with Crippen molar-refractivity contribution in [2.45, 2.75) is 213 Å². The number of unbranched alkanes of at least 4 members (excludes halogenated alkanes) is 18. The number of hydrogen-bond acceptors (Lipinski definition) is 6. The van der Waals surface area contributed by atoms with Crippen LogP contribution in [0.1, 0.15) is 207 Å². The molecule has 0 radical (unpaired) electrons. The summed E-state index contributed by atoms with van der Waals surface area (Å²) in [5.74, 6) is -0.998. The third kappa shape index (κ3) is 40.3. The maximum Gasteiger partial charge on any atom is 0.306 e. The van der Waals surface area contributed by atoms with E-state index in [0.717, 1.165) is 77.0 Å². The quantitative estimate of drug-likeness (QED) is 0.0269. The minimum Gasteiger partial charge on any atom is -0.462 e. The lowest BCUT2D eigenvalue weighted by Crippen LogP contribution is -2.30. The van der Waals surface area contributed by atoms with Crippen molar-refractivity contribution in [1.29, 1.82) is 0 Å². The van der Waals surface area contributed by atoms with E-state index >= 15 is 0 Å². The van der Waals surface area contributed by atoms with Gasteiger partial charge in [-0.25, -0.2) is 0 Å². The van der Waals surface area contributed by atoms with Crippen LogP contribution in [-0.2, 0) is 28.6 Å². The van der Waals surface area contributed by atoms with Crippen LogP contribution < -0.4 is 0 Å². The van der Waals surface area contributed by atoms with Crippen LogP contribution in [0.4, 0.5) is 0 Å². The molecule has 0 aliphatic carbocycles. The summed E-state index contributed by atoms with van der Waals surface area (Å²) in [6, 6.07) is 0. The van der Waals surface area contributed by atoms with Crippen LogP contribution in [0.2, 0.25) is 0 Å². The fourth-order valence-corrected chi connectivity index (χ4v) is 5.92. The predicted molar refractivity (Wildman–Crippen MR) is 228 cm³/mol. The minimum atomic E-state index is -0.802.